The van der Waals surface area contributed by atoms with E-state index >= 15 is 0 Å². The van der Waals surface area contributed by atoms with Crippen molar-refractivity contribution in [1.82, 2.24) is 4.98 Å². The maximum absolute atomic E-state index is 11.4. The second kappa shape index (κ2) is 5.88. The van der Waals surface area contributed by atoms with E-state index in [-0.39, 0.29) is 18.2 Å². The number of aromatic carboxylic acids is 1. The van der Waals surface area contributed by atoms with Crippen molar-refractivity contribution in [2.45, 2.75) is 19.9 Å². The fraction of sp³-hybridized carbons (Fsp3) is 0.333. The van der Waals surface area contributed by atoms with Crippen molar-refractivity contribution < 1.29 is 15.0 Å². The van der Waals surface area contributed by atoms with Crippen LogP contribution in [0.2, 0.25) is 0 Å². The fourth-order valence-electron chi connectivity index (χ4n) is 2.23. The number of pyridine rings is 1. The molecule has 0 radical (unpaired) electrons. The van der Waals surface area contributed by atoms with Crippen LogP contribution in [-0.4, -0.2) is 40.4 Å². The molecule has 0 saturated carbocycles. The molecule has 5 nitrogen and oxygen atoms in total. The first-order valence-electron chi connectivity index (χ1n) is 6.55. The topological polar surface area (TPSA) is 73.7 Å². The number of carbonyl (C=O) groups is 1. The lowest BCUT2D eigenvalue weighted by Crippen LogP contribution is -2.34. The number of hydrogen-bond acceptors (Lipinski definition) is 4. The lowest BCUT2D eigenvalue weighted by atomic mass is 10.1. The highest BCUT2D eigenvalue weighted by atomic mass is 16.4. The Morgan fingerprint density at radius 3 is 2.65 bits per heavy atom. The van der Waals surface area contributed by atoms with E-state index in [1.807, 2.05) is 24.8 Å². The number of anilines is 1. The van der Waals surface area contributed by atoms with Crippen molar-refractivity contribution in [1.29, 1.82) is 0 Å². The third-order valence-electron chi connectivity index (χ3n) is 3.19. The molecule has 1 heterocycles. The Morgan fingerprint density at radius 2 is 2.05 bits per heavy atom. The summed E-state index contributed by atoms with van der Waals surface area (Å²) in [4.78, 5) is 17.8. The van der Waals surface area contributed by atoms with Crippen LogP contribution in [0.3, 0.4) is 0 Å². The number of rotatable bonds is 5. The van der Waals surface area contributed by atoms with Gasteiger partial charge in [-0.3, -0.25) is 0 Å². The number of fused-ring (bicyclic) bond motifs is 1. The minimum absolute atomic E-state index is 0.00487. The zero-order valence-corrected chi connectivity index (χ0v) is 11.6. The third-order valence-corrected chi connectivity index (χ3v) is 3.19. The van der Waals surface area contributed by atoms with Gasteiger partial charge in [0, 0.05) is 18.0 Å². The molecule has 0 spiro atoms. The van der Waals surface area contributed by atoms with Crippen LogP contribution < -0.4 is 4.90 Å². The van der Waals surface area contributed by atoms with Crippen LogP contribution in [0.25, 0.3) is 10.9 Å². The van der Waals surface area contributed by atoms with E-state index in [9.17, 15) is 9.90 Å². The summed E-state index contributed by atoms with van der Waals surface area (Å²) < 4.78 is 0. The van der Waals surface area contributed by atoms with E-state index in [1.54, 1.807) is 24.3 Å². The summed E-state index contributed by atoms with van der Waals surface area (Å²) in [7, 11) is 0. The van der Waals surface area contributed by atoms with Gasteiger partial charge in [0.05, 0.1) is 17.7 Å². The lowest BCUT2D eigenvalue weighted by Gasteiger charge is -2.27. The standard InChI is InChI=1S/C15H18N2O3/c1-10(2)17(7-8-18)14-9-12(15(19)20)11-5-3-4-6-13(11)16-14/h3-6,9-10,18H,7-8H2,1-2H3,(H,19,20). The van der Waals surface area contributed by atoms with Gasteiger partial charge >= 0.3 is 5.97 Å². The fourth-order valence-corrected chi connectivity index (χ4v) is 2.23. The number of benzene rings is 1. The molecule has 0 aliphatic heterocycles. The summed E-state index contributed by atoms with van der Waals surface area (Å²) in [6.07, 6.45) is 0. The number of aliphatic hydroxyl groups excluding tert-OH is 1. The van der Waals surface area contributed by atoms with Gasteiger partial charge in [-0.25, -0.2) is 9.78 Å². The first-order chi connectivity index (χ1) is 9.54. The van der Waals surface area contributed by atoms with Crippen LogP contribution in [-0.2, 0) is 0 Å². The Hall–Kier alpha value is -2.14. The molecule has 106 valence electrons. The molecule has 0 unspecified atom stereocenters. The molecule has 2 aromatic rings. The molecule has 0 amide bonds. The number of para-hydroxylation sites is 1. The van der Waals surface area contributed by atoms with Gasteiger partial charge in [0.25, 0.3) is 0 Å². The quantitative estimate of drug-likeness (QED) is 0.873. The molecule has 0 bridgehead atoms. The molecule has 5 heteroatoms. The normalized spacial score (nSPS) is 11.0. The molecular formula is C15H18N2O3. The van der Waals surface area contributed by atoms with Gasteiger partial charge < -0.3 is 15.1 Å². The Balaban J connectivity index is 2.62. The van der Waals surface area contributed by atoms with Gasteiger partial charge in [0.15, 0.2) is 0 Å². The molecule has 0 aliphatic rings. The highest BCUT2D eigenvalue weighted by molar-refractivity contribution is 6.03. The molecule has 2 N–H and O–H groups in total. The average Bonchev–Trinajstić information content (AvgIpc) is 2.43. The molecule has 0 aliphatic carbocycles. The van der Waals surface area contributed by atoms with Gasteiger partial charge in [-0.15, -0.1) is 0 Å². The summed E-state index contributed by atoms with van der Waals surface area (Å²) in [5, 5.41) is 19.1. The predicted molar refractivity (Wildman–Crippen MR) is 78.3 cm³/mol. The zero-order valence-electron chi connectivity index (χ0n) is 11.6. The summed E-state index contributed by atoms with van der Waals surface area (Å²) in [6.45, 7) is 4.37. The van der Waals surface area contributed by atoms with Gasteiger partial charge in [-0.05, 0) is 26.0 Å². The van der Waals surface area contributed by atoms with Crippen LogP contribution in [0.1, 0.15) is 24.2 Å². The summed E-state index contributed by atoms with van der Waals surface area (Å²) >= 11 is 0. The first-order valence-corrected chi connectivity index (χ1v) is 6.55. The van der Waals surface area contributed by atoms with Crippen LogP contribution >= 0.6 is 0 Å². The Morgan fingerprint density at radius 1 is 1.35 bits per heavy atom. The number of aromatic nitrogens is 1. The van der Waals surface area contributed by atoms with Crippen molar-refractivity contribution in [3.63, 3.8) is 0 Å². The molecule has 0 saturated heterocycles. The van der Waals surface area contributed by atoms with E-state index in [4.69, 9.17) is 5.11 Å². The smallest absolute Gasteiger partial charge is 0.336 e. The monoisotopic (exact) mass is 274 g/mol. The Bertz CT molecular complexity index is 626. The summed E-state index contributed by atoms with van der Waals surface area (Å²) in [6, 6.07) is 8.86. The van der Waals surface area contributed by atoms with Crippen LogP contribution in [0.5, 0.6) is 0 Å². The summed E-state index contributed by atoms with van der Waals surface area (Å²) in [5.74, 6) is -0.400. The Labute approximate surface area is 117 Å². The SMILES string of the molecule is CC(C)N(CCO)c1cc(C(=O)O)c2ccccc2n1. The molecule has 1 aromatic heterocycles. The highest BCUT2D eigenvalue weighted by Crippen LogP contribution is 2.24. The van der Waals surface area contributed by atoms with Gasteiger partial charge in [0.1, 0.15) is 5.82 Å². The van der Waals surface area contributed by atoms with Crippen molar-refractivity contribution in [2.75, 3.05) is 18.1 Å². The third kappa shape index (κ3) is 2.72. The maximum Gasteiger partial charge on any atom is 0.336 e. The van der Waals surface area contributed by atoms with E-state index in [2.05, 4.69) is 4.98 Å². The van der Waals surface area contributed by atoms with Crippen molar-refractivity contribution in [2.24, 2.45) is 0 Å². The van der Waals surface area contributed by atoms with Crippen molar-refractivity contribution >= 4 is 22.7 Å². The largest absolute Gasteiger partial charge is 0.478 e. The van der Waals surface area contributed by atoms with Gasteiger partial charge in [-0.2, -0.15) is 0 Å². The zero-order chi connectivity index (χ0) is 14.7. The molecule has 0 atom stereocenters. The second-order valence-corrected chi connectivity index (χ2v) is 4.86. The molecule has 1 aromatic carbocycles. The van der Waals surface area contributed by atoms with Crippen LogP contribution in [0.4, 0.5) is 5.82 Å². The highest BCUT2D eigenvalue weighted by Gasteiger charge is 2.17. The molecular weight excluding hydrogens is 256 g/mol. The minimum Gasteiger partial charge on any atom is -0.478 e. The number of nitrogens with zero attached hydrogens (tertiary/aromatic N) is 2. The number of carboxylic acid groups (broad SMARTS) is 1. The molecule has 2 rings (SSSR count). The second-order valence-electron chi connectivity index (χ2n) is 4.86. The summed E-state index contributed by atoms with van der Waals surface area (Å²) in [5.41, 5.74) is 0.875. The maximum atomic E-state index is 11.4. The number of carboxylic acids is 1. The Kier molecular flexibility index (Phi) is 4.20. The minimum atomic E-state index is -0.974. The van der Waals surface area contributed by atoms with Crippen LogP contribution in [0.15, 0.2) is 30.3 Å². The first kappa shape index (κ1) is 14.3. The van der Waals surface area contributed by atoms with Gasteiger partial charge in [0.2, 0.25) is 0 Å². The number of aliphatic hydroxyl groups is 1. The number of hydrogen-bond donors (Lipinski definition) is 2. The van der Waals surface area contributed by atoms with Crippen molar-refractivity contribution in [3.8, 4) is 0 Å². The lowest BCUT2D eigenvalue weighted by molar-refractivity contribution is 0.0699. The van der Waals surface area contributed by atoms with Crippen molar-refractivity contribution in [3.05, 3.63) is 35.9 Å². The molecule has 20 heavy (non-hydrogen) atoms. The van der Waals surface area contributed by atoms with E-state index in [1.165, 1.54) is 0 Å². The average molecular weight is 274 g/mol. The van der Waals surface area contributed by atoms with E-state index in [0.717, 1.165) is 0 Å². The predicted octanol–water partition coefficient (Wildman–Crippen LogP) is 2.14. The van der Waals surface area contributed by atoms with E-state index in [0.29, 0.717) is 23.3 Å². The molecule has 0 fully saturated rings. The van der Waals surface area contributed by atoms with E-state index < -0.39 is 5.97 Å². The van der Waals surface area contributed by atoms with Crippen LogP contribution in [0, 0.1) is 0 Å². The van der Waals surface area contributed by atoms with Gasteiger partial charge in [-0.1, -0.05) is 18.2 Å².